The fourth-order valence-electron chi connectivity index (χ4n) is 2.89. The van der Waals surface area contributed by atoms with Gasteiger partial charge in [0.25, 0.3) is 11.8 Å². The molecule has 3 rings (SSSR count). The lowest BCUT2D eigenvalue weighted by Gasteiger charge is -2.16. The molecular formula is C23H21ClN2O3. The molecule has 0 saturated carbocycles. The third-order valence-electron chi connectivity index (χ3n) is 4.48. The number of anilines is 1. The molecule has 148 valence electrons. The normalized spacial score (nSPS) is 11.4. The highest BCUT2D eigenvalue weighted by Gasteiger charge is 2.17. The van der Waals surface area contributed by atoms with Crippen molar-refractivity contribution in [1.82, 2.24) is 5.32 Å². The summed E-state index contributed by atoms with van der Waals surface area (Å²) in [5, 5.41) is 6.08. The van der Waals surface area contributed by atoms with Gasteiger partial charge in [-0.3, -0.25) is 9.59 Å². The Morgan fingerprint density at radius 2 is 1.62 bits per heavy atom. The summed E-state index contributed by atoms with van der Waals surface area (Å²) in [5.74, 6) is -0.158. The van der Waals surface area contributed by atoms with Gasteiger partial charge in [-0.15, -0.1) is 0 Å². The fraction of sp³-hybridized carbons (Fsp3) is 0.130. The summed E-state index contributed by atoms with van der Waals surface area (Å²) in [6.07, 6.45) is 0. The summed E-state index contributed by atoms with van der Waals surface area (Å²) in [6.45, 7) is 1.91. The SMILES string of the molecule is COc1ccc(C(=O)Nc2ccccc2C(=O)N[C@@H](C)c2ccccc2)cc1Cl. The zero-order valence-electron chi connectivity index (χ0n) is 16.1. The highest BCUT2D eigenvalue weighted by atomic mass is 35.5. The Morgan fingerprint density at radius 3 is 2.31 bits per heavy atom. The van der Waals surface area contributed by atoms with Crippen LogP contribution in [0.1, 0.15) is 39.2 Å². The van der Waals surface area contributed by atoms with E-state index in [2.05, 4.69) is 10.6 Å². The molecule has 0 aromatic heterocycles. The van der Waals surface area contributed by atoms with Crippen LogP contribution in [-0.4, -0.2) is 18.9 Å². The number of rotatable bonds is 6. The van der Waals surface area contributed by atoms with Gasteiger partial charge in [0, 0.05) is 5.56 Å². The van der Waals surface area contributed by atoms with E-state index in [1.165, 1.54) is 13.2 Å². The van der Waals surface area contributed by atoms with Crippen molar-refractivity contribution in [2.45, 2.75) is 13.0 Å². The molecule has 0 spiro atoms. The first kappa shape index (κ1) is 20.4. The quantitative estimate of drug-likeness (QED) is 0.596. The molecule has 6 heteroatoms. The van der Waals surface area contributed by atoms with Gasteiger partial charge in [0.15, 0.2) is 0 Å². The highest BCUT2D eigenvalue weighted by Crippen LogP contribution is 2.26. The van der Waals surface area contributed by atoms with E-state index in [-0.39, 0.29) is 17.9 Å². The molecule has 29 heavy (non-hydrogen) atoms. The number of hydrogen-bond acceptors (Lipinski definition) is 3. The van der Waals surface area contributed by atoms with Crippen molar-refractivity contribution in [2.75, 3.05) is 12.4 Å². The van der Waals surface area contributed by atoms with E-state index in [9.17, 15) is 9.59 Å². The first-order valence-corrected chi connectivity index (χ1v) is 9.47. The first-order chi connectivity index (χ1) is 14.0. The lowest BCUT2D eigenvalue weighted by atomic mass is 10.1. The number of ether oxygens (including phenoxy) is 1. The minimum absolute atomic E-state index is 0.173. The summed E-state index contributed by atoms with van der Waals surface area (Å²) in [4.78, 5) is 25.4. The Morgan fingerprint density at radius 1 is 0.931 bits per heavy atom. The van der Waals surface area contributed by atoms with E-state index in [0.717, 1.165) is 5.56 Å². The second-order valence-electron chi connectivity index (χ2n) is 6.45. The summed E-state index contributed by atoms with van der Waals surface area (Å²) in [5.41, 5.74) is 2.16. The van der Waals surface area contributed by atoms with Crippen molar-refractivity contribution in [3.63, 3.8) is 0 Å². The molecule has 3 aromatic carbocycles. The fourth-order valence-corrected chi connectivity index (χ4v) is 3.15. The van der Waals surface area contributed by atoms with E-state index in [1.807, 2.05) is 37.3 Å². The smallest absolute Gasteiger partial charge is 0.255 e. The molecule has 0 bridgehead atoms. The Balaban J connectivity index is 1.77. The summed E-state index contributed by atoms with van der Waals surface area (Å²) >= 11 is 6.10. The number of amides is 2. The van der Waals surface area contributed by atoms with Gasteiger partial charge in [-0.25, -0.2) is 0 Å². The molecular weight excluding hydrogens is 388 g/mol. The largest absolute Gasteiger partial charge is 0.495 e. The van der Waals surface area contributed by atoms with Crippen molar-refractivity contribution >= 4 is 29.1 Å². The maximum absolute atomic E-state index is 12.8. The van der Waals surface area contributed by atoms with Crippen LogP contribution in [0.2, 0.25) is 5.02 Å². The monoisotopic (exact) mass is 408 g/mol. The molecule has 0 unspecified atom stereocenters. The summed E-state index contributed by atoms with van der Waals surface area (Å²) in [6, 6.07) is 21.1. The van der Waals surface area contributed by atoms with Crippen molar-refractivity contribution < 1.29 is 14.3 Å². The Kier molecular flexibility index (Phi) is 6.52. The van der Waals surface area contributed by atoms with E-state index >= 15 is 0 Å². The van der Waals surface area contributed by atoms with Gasteiger partial charge in [-0.2, -0.15) is 0 Å². The summed E-state index contributed by atoms with van der Waals surface area (Å²) < 4.78 is 5.11. The van der Waals surface area contributed by atoms with Gasteiger partial charge >= 0.3 is 0 Å². The van der Waals surface area contributed by atoms with Crippen LogP contribution >= 0.6 is 11.6 Å². The molecule has 0 saturated heterocycles. The number of carbonyl (C=O) groups is 2. The third-order valence-corrected chi connectivity index (χ3v) is 4.78. The van der Waals surface area contributed by atoms with Crippen LogP contribution in [0.3, 0.4) is 0 Å². The molecule has 0 aliphatic rings. The average Bonchev–Trinajstić information content (AvgIpc) is 2.74. The number of hydrogen-bond donors (Lipinski definition) is 2. The molecule has 5 nitrogen and oxygen atoms in total. The molecule has 2 amide bonds. The lowest BCUT2D eigenvalue weighted by Crippen LogP contribution is -2.28. The standard InChI is InChI=1S/C23H21ClN2O3/c1-15(16-8-4-3-5-9-16)25-23(28)18-10-6-7-11-20(18)26-22(27)17-12-13-21(29-2)19(24)14-17/h3-15H,1-2H3,(H,25,28)(H,26,27)/t15-/m0/s1. The second kappa shape index (κ2) is 9.26. The molecule has 1 atom stereocenters. The number of benzene rings is 3. The van der Waals surface area contributed by atoms with Gasteiger partial charge < -0.3 is 15.4 Å². The van der Waals surface area contributed by atoms with Crippen LogP contribution in [0, 0.1) is 0 Å². The minimum atomic E-state index is -0.370. The lowest BCUT2D eigenvalue weighted by molar-refractivity contribution is 0.0941. The number of para-hydroxylation sites is 1. The first-order valence-electron chi connectivity index (χ1n) is 9.09. The maximum atomic E-state index is 12.8. The molecule has 0 aliphatic heterocycles. The van der Waals surface area contributed by atoms with Crippen LogP contribution in [0.15, 0.2) is 72.8 Å². The minimum Gasteiger partial charge on any atom is -0.495 e. The average molecular weight is 409 g/mol. The third kappa shape index (κ3) is 4.95. The predicted octanol–water partition coefficient (Wildman–Crippen LogP) is 5.09. The molecule has 0 aliphatic carbocycles. The van der Waals surface area contributed by atoms with Gasteiger partial charge in [0.2, 0.25) is 0 Å². The highest BCUT2D eigenvalue weighted by molar-refractivity contribution is 6.32. The van der Waals surface area contributed by atoms with E-state index in [4.69, 9.17) is 16.3 Å². The van der Waals surface area contributed by atoms with Crippen molar-refractivity contribution in [3.8, 4) is 5.75 Å². The van der Waals surface area contributed by atoms with Crippen molar-refractivity contribution in [1.29, 1.82) is 0 Å². The maximum Gasteiger partial charge on any atom is 0.255 e. The number of halogens is 1. The molecule has 0 radical (unpaired) electrons. The number of methoxy groups -OCH3 is 1. The van der Waals surface area contributed by atoms with Crippen molar-refractivity contribution in [3.05, 3.63) is 94.5 Å². The van der Waals surface area contributed by atoms with Gasteiger partial charge in [0.1, 0.15) is 5.75 Å². The zero-order chi connectivity index (χ0) is 20.8. The second-order valence-corrected chi connectivity index (χ2v) is 6.86. The van der Waals surface area contributed by atoms with Crippen LogP contribution in [0.4, 0.5) is 5.69 Å². The molecule has 2 N–H and O–H groups in total. The van der Waals surface area contributed by atoms with Crippen LogP contribution in [-0.2, 0) is 0 Å². The Hall–Kier alpha value is -3.31. The van der Waals surface area contributed by atoms with Crippen LogP contribution in [0.5, 0.6) is 5.75 Å². The molecule has 0 heterocycles. The number of nitrogens with one attached hydrogen (secondary N) is 2. The van der Waals surface area contributed by atoms with Gasteiger partial charge in [-0.1, -0.05) is 54.1 Å². The zero-order valence-corrected chi connectivity index (χ0v) is 16.9. The molecule has 3 aromatic rings. The van der Waals surface area contributed by atoms with Crippen molar-refractivity contribution in [2.24, 2.45) is 0 Å². The molecule has 0 fully saturated rings. The van der Waals surface area contributed by atoms with Crippen LogP contribution < -0.4 is 15.4 Å². The van der Waals surface area contributed by atoms with Gasteiger partial charge in [0.05, 0.1) is 29.4 Å². The van der Waals surface area contributed by atoms with E-state index < -0.39 is 0 Å². The topological polar surface area (TPSA) is 67.4 Å². The van der Waals surface area contributed by atoms with Crippen LogP contribution in [0.25, 0.3) is 0 Å². The van der Waals surface area contributed by atoms with E-state index in [0.29, 0.717) is 27.6 Å². The van der Waals surface area contributed by atoms with E-state index in [1.54, 1.807) is 36.4 Å². The van der Waals surface area contributed by atoms with Gasteiger partial charge in [-0.05, 0) is 42.8 Å². The number of carbonyl (C=O) groups excluding carboxylic acids is 2. The Bertz CT molecular complexity index is 1020. The summed E-state index contributed by atoms with van der Waals surface area (Å²) in [7, 11) is 1.51. The predicted molar refractivity (Wildman–Crippen MR) is 115 cm³/mol. The Labute approximate surface area is 174 Å².